The summed E-state index contributed by atoms with van der Waals surface area (Å²) in [5, 5.41) is 11.0. The minimum Gasteiger partial charge on any atom is -0.370 e. The van der Waals surface area contributed by atoms with E-state index in [2.05, 4.69) is 15.5 Å². The molecule has 0 saturated heterocycles. The summed E-state index contributed by atoms with van der Waals surface area (Å²) in [6.45, 7) is 3.34. The third-order valence-corrected chi connectivity index (χ3v) is 6.98. The van der Waals surface area contributed by atoms with Gasteiger partial charge in [0.2, 0.25) is 17.7 Å². The van der Waals surface area contributed by atoms with E-state index < -0.39 is 5.91 Å². The van der Waals surface area contributed by atoms with Crippen molar-refractivity contribution in [3.05, 3.63) is 35.9 Å². The molecule has 3 amide bonds. The van der Waals surface area contributed by atoms with Crippen LogP contribution in [0.5, 0.6) is 0 Å². The number of benzene rings is 1. The maximum Gasteiger partial charge on any atom is 0.233 e. The number of primary amides is 1. The van der Waals surface area contributed by atoms with Crippen molar-refractivity contribution in [1.29, 1.82) is 0 Å². The quantitative estimate of drug-likeness (QED) is 0.433. The van der Waals surface area contributed by atoms with Gasteiger partial charge in [0.25, 0.3) is 0 Å². The van der Waals surface area contributed by atoms with Crippen molar-refractivity contribution in [1.82, 2.24) is 20.4 Å². The zero-order valence-electron chi connectivity index (χ0n) is 16.7. The van der Waals surface area contributed by atoms with Crippen molar-refractivity contribution >= 4 is 52.6 Å². The van der Waals surface area contributed by atoms with Gasteiger partial charge in [0, 0.05) is 26.1 Å². The van der Waals surface area contributed by atoms with E-state index in [0.29, 0.717) is 21.8 Å². The lowest BCUT2D eigenvalue weighted by Gasteiger charge is -2.22. The zero-order chi connectivity index (χ0) is 21.8. The Labute approximate surface area is 188 Å². The molecular formula is C19H25N5O3S3. The lowest BCUT2D eigenvalue weighted by molar-refractivity contribution is -0.129. The third kappa shape index (κ3) is 9.14. The Balaban J connectivity index is 1.85. The van der Waals surface area contributed by atoms with Crippen molar-refractivity contribution in [2.45, 2.75) is 35.0 Å². The number of aromatic nitrogens is 2. The third-order valence-electron chi connectivity index (χ3n) is 3.80. The molecule has 8 nitrogen and oxygen atoms in total. The molecule has 0 bridgehead atoms. The first-order chi connectivity index (χ1) is 14.5. The van der Waals surface area contributed by atoms with Gasteiger partial charge in [-0.25, -0.2) is 0 Å². The van der Waals surface area contributed by atoms with Gasteiger partial charge in [0.05, 0.1) is 11.5 Å². The second kappa shape index (κ2) is 13.2. The lowest BCUT2D eigenvalue weighted by atomic mass is 10.2. The fourth-order valence-electron chi connectivity index (χ4n) is 2.31. The van der Waals surface area contributed by atoms with Crippen LogP contribution in [0.3, 0.4) is 0 Å². The van der Waals surface area contributed by atoms with Gasteiger partial charge in [-0.2, -0.15) is 0 Å². The number of nitrogens with zero attached hydrogens (tertiary/aromatic N) is 3. The molecule has 0 atom stereocenters. The molecule has 162 valence electrons. The van der Waals surface area contributed by atoms with Crippen LogP contribution in [-0.2, 0) is 20.9 Å². The molecule has 11 heteroatoms. The van der Waals surface area contributed by atoms with Crippen molar-refractivity contribution in [3.8, 4) is 0 Å². The Kier molecular flexibility index (Phi) is 10.7. The first-order valence-electron chi connectivity index (χ1n) is 9.43. The molecule has 0 aliphatic rings. The molecule has 0 aliphatic carbocycles. The molecule has 1 aromatic carbocycles. The van der Waals surface area contributed by atoms with Crippen LogP contribution in [0.15, 0.2) is 39.0 Å². The Hall–Kier alpha value is -2.11. The molecule has 30 heavy (non-hydrogen) atoms. The number of carbonyl (C=O) groups excluding carboxylic acids is 3. The van der Waals surface area contributed by atoms with Crippen LogP contribution in [-0.4, -0.2) is 57.4 Å². The molecule has 2 rings (SSSR count). The van der Waals surface area contributed by atoms with Crippen LogP contribution >= 0.6 is 34.9 Å². The monoisotopic (exact) mass is 467 g/mol. The van der Waals surface area contributed by atoms with Gasteiger partial charge < -0.3 is 16.0 Å². The molecule has 0 saturated carbocycles. The first kappa shape index (κ1) is 24.2. The first-order valence-corrected chi connectivity index (χ1v) is 12.2. The summed E-state index contributed by atoms with van der Waals surface area (Å²) in [5.41, 5.74) is 6.23. The summed E-state index contributed by atoms with van der Waals surface area (Å²) in [5.74, 6) is -0.110. The number of nitrogens with one attached hydrogen (secondary N) is 1. The molecule has 0 radical (unpaired) electrons. The molecular weight excluding hydrogens is 442 g/mol. The Morgan fingerprint density at radius 2 is 1.77 bits per heavy atom. The van der Waals surface area contributed by atoms with E-state index in [4.69, 9.17) is 5.73 Å². The average molecular weight is 468 g/mol. The maximum atomic E-state index is 12.7. The summed E-state index contributed by atoms with van der Waals surface area (Å²) in [7, 11) is 0. The minimum atomic E-state index is -0.442. The van der Waals surface area contributed by atoms with E-state index >= 15 is 0 Å². The standard InChI is InChI=1S/C19H25N5O3S3/c1-2-9-21-16(26)12-28-18-22-23-19(30-18)29-13-17(27)24(10-8-15(20)25)11-14-6-4-3-5-7-14/h3-7H,2,8-13H2,1H3,(H2,20,25)(H,21,26). The van der Waals surface area contributed by atoms with Crippen molar-refractivity contribution in [3.63, 3.8) is 0 Å². The van der Waals surface area contributed by atoms with Crippen LogP contribution in [0.4, 0.5) is 0 Å². The van der Waals surface area contributed by atoms with E-state index in [-0.39, 0.29) is 36.3 Å². The SMILES string of the molecule is CCCNC(=O)CSc1nnc(SCC(=O)N(CCC(N)=O)Cc2ccccc2)s1. The molecule has 0 unspecified atom stereocenters. The highest BCUT2D eigenvalue weighted by atomic mass is 32.2. The van der Waals surface area contributed by atoms with Crippen LogP contribution in [0.2, 0.25) is 0 Å². The molecule has 0 spiro atoms. The molecule has 0 fully saturated rings. The number of hydrogen-bond donors (Lipinski definition) is 2. The van der Waals surface area contributed by atoms with Crippen molar-refractivity contribution in [2.24, 2.45) is 5.73 Å². The van der Waals surface area contributed by atoms with E-state index in [0.717, 1.165) is 12.0 Å². The van der Waals surface area contributed by atoms with Gasteiger partial charge in [-0.05, 0) is 12.0 Å². The lowest BCUT2D eigenvalue weighted by Crippen LogP contribution is -2.34. The normalized spacial score (nSPS) is 10.6. The van der Waals surface area contributed by atoms with Gasteiger partial charge in [0.15, 0.2) is 8.68 Å². The van der Waals surface area contributed by atoms with Gasteiger partial charge in [-0.15, -0.1) is 10.2 Å². The summed E-state index contributed by atoms with van der Waals surface area (Å²) in [6.07, 6.45) is 1.01. The zero-order valence-corrected chi connectivity index (χ0v) is 19.2. The van der Waals surface area contributed by atoms with Crippen LogP contribution in [0, 0.1) is 0 Å². The highest BCUT2D eigenvalue weighted by Gasteiger charge is 2.17. The van der Waals surface area contributed by atoms with E-state index in [1.807, 2.05) is 37.3 Å². The van der Waals surface area contributed by atoms with Gasteiger partial charge in [-0.1, -0.05) is 72.1 Å². The van der Waals surface area contributed by atoms with Crippen LogP contribution < -0.4 is 11.1 Å². The minimum absolute atomic E-state index is 0.0348. The van der Waals surface area contributed by atoms with Crippen molar-refractivity contribution in [2.75, 3.05) is 24.6 Å². The average Bonchev–Trinajstić information content (AvgIpc) is 3.20. The fourth-order valence-corrected chi connectivity index (χ4v) is 5.06. The number of rotatable bonds is 13. The summed E-state index contributed by atoms with van der Waals surface area (Å²) >= 11 is 3.97. The Morgan fingerprint density at radius 1 is 1.10 bits per heavy atom. The number of thioether (sulfide) groups is 2. The topological polar surface area (TPSA) is 118 Å². The predicted octanol–water partition coefficient (Wildman–Crippen LogP) is 2.15. The van der Waals surface area contributed by atoms with Gasteiger partial charge in [-0.3, -0.25) is 14.4 Å². The van der Waals surface area contributed by atoms with E-state index in [9.17, 15) is 14.4 Å². The summed E-state index contributed by atoms with van der Waals surface area (Å²) in [6, 6.07) is 9.59. The second-order valence-electron chi connectivity index (χ2n) is 6.28. The number of carbonyl (C=O) groups is 3. The Bertz CT molecular complexity index is 832. The molecule has 1 heterocycles. The largest absolute Gasteiger partial charge is 0.370 e. The van der Waals surface area contributed by atoms with E-state index in [1.54, 1.807) is 4.90 Å². The van der Waals surface area contributed by atoms with Crippen LogP contribution in [0.25, 0.3) is 0 Å². The molecule has 2 aromatic rings. The smallest absolute Gasteiger partial charge is 0.233 e. The molecule has 0 aliphatic heterocycles. The number of nitrogens with two attached hydrogens (primary N) is 1. The summed E-state index contributed by atoms with van der Waals surface area (Å²) in [4.78, 5) is 37.2. The number of hydrogen-bond acceptors (Lipinski definition) is 8. The van der Waals surface area contributed by atoms with Gasteiger partial charge >= 0.3 is 0 Å². The fraction of sp³-hybridized carbons (Fsp3) is 0.421. The predicted molar refractivity (Wildman–Crippen MR) is 120 cm³/mol. The van der Waals surface area contributed by atoms with E-state index in [1.165, 1.54) is 34.9 Å². The second-order valence-corrected chi connectivity index (χ2v) is 9.70. The Morgan fingerprint density at radius 3 is 2.40 bits per heavy atom. The highest BCUT2D eigenvalue weighted by Crippen LogP contribution is 2.28. The van der Waals surface area contributed by atoms with Crippen LogP contribution in [0.1, 0.15) is 25.3 Å². The molecule has 3 N–H and O–H groups in total. The van der Waals surface area contributed by atoms with Gasteiger partial charge in [0.1, 0.15) is 0 Å². The van der Waals surface area contributed by atoms with Crippen molar-refractivity contribution < 1.29 is 14.4 Å². The maximum absolute atomic E-state index is 12.7. The summed E-state index contributed by atoms with van der Waals surface area (Å²) < 4.78 is 1.35. The molecule has 1 aromatic heterocycles. The highest BCUT2D eigenvalue weighted by molar-refractivity contribution is 8.03. The number of amides is 3.